The first kappa shape index (κ1) is 83.1. The molecule has 0 saturated carbocycles. The summed E-state index contributed by atoms with van der Waals surface area (Å²) in [5.41, 5.74) is 0. The van der Waals surface area contributed by atoms with Crippen LogP contribution in [0.2, 0.25) is 0 Å². The van der Waals surface area contributed by atoms with Crippen LogP contribution in [-0.2, 0) is 65.4 Å². The summed E-state index contributed by atoms with van der Waals surface area (Å²) in [6.45, 7) is 7.18. The average molecular weight is 1260 g/mol. The van der Waals surface area contributed by atoms with Crippen LogP contribution in [0.25, 0.3) is 0 Å². The Labute approximate surface area is 517 Å². The highest BCUT2D eigenvalue weighted by atomic mass is 31.2. The van der Waals surface area contributed by atoms with E-state index < -0.39 is 97.5 Å². The molecule has 19 heteroatoms. The molecule has 0 fully saturated rings. The maximum absolute atomic E-state index is 13.0. The van der Waals surface area contributed by atoms with E-state index in [1.54, 1.807) is 0 Å². The first-order valence-electron chi connectivity index (χ1n) is 34.7. The molecule has 0 rings (SSSR count). The van der Waals surface area contributed by atoms with Gasteiger partial charge in [0.05, 0.1) is 26.4 Å². The molecule has 0 aliphatic carbocycles. The number of phosphoric ester groups is 2. The van der Waals surface area contributed by atoms with Crippen LogP contribution in [0.3, 0.4) is 0 Å². The van der Waals surface area contributed by atoms with Crippen LogP contribution in [0.4, 0.5) is 0 Å². The minimum Gasteiger partial charge on any atom is -0.462 e. The summed E-state index contributed by atoms with van der Waals surface area (Å²) in [4.78, 5) is 72.2. The number of ether oxygens (including phenoxy) is 4. The van der Waals surface area contributed by atoms with Crippen molar-refractivity contribution in [3.05, 3.63) is 0 Å². The summed E-state index contributed by atoms with van der Waals surface area (Å²) >= 11 is 0. The van der Waals surface area contributed by atoms with Crippen molar-refractivity contribution in [3.8, 4) is 0 Å². The van der Waals surface area contributed by atoms with Crippen molar-refractivity contribution in [2.75, 3.05) is 39.6 Å². The van der Waals surface area contributed by atoms with Gasteiger partial charge in [0.2, 0.25) is 0 Å². The standard InChI is InChI=1S/C66H128O17P2/c1-6-10-13-16-19-22-23-24-25-26-27-28-30-37-42-47-52-66(71)83-62(56-77-64(69)50-45-40-35-32-31-33-38-43-48-59(5)9-4)58-81-85(74,75)79-54-60(67)53-78-84(72,73)80-57-61(55-76-63(68)49-44-39-34-21-18-15-12-8-3)82-65(70)51-46-41-36-29-20-17-14-11-7-2/h59-62,67H,6-58H2,1-5H3,(H,72,73)(H,74,75)/t59?,60-,61+,62+/m0/s1. The largest absolute Gasteiger partial charge is 0.472 e. The van der Waals surface area contributed by atoms with Gasteiger partial charge in [-0.25, -0.2) is 9.13 Å². The Morgan fingerprint density at radius 3 is 0.835 bits per heavy atom. The van der Waals surface area contributed by atoms with Crippen LogP contribution in [-0.4, -0.2) is 96.7 Å². The molecule has 0 amide bonds. The van der Waals surface area contributed by atoms with Crippen molar-refractivity contribution in [2.45, 2.75) is 355 Å². The van der Waals surface area contributed by atoms with Crippen LogP contribution in [0.15, 0.2) is 0 Å². The van der Waals surface area contributed by atoms with Gasteiger partial charge in [-0.3, -0.25) is 37.3 Å². The maximum Gasteiger partial charge on any atom is 0.472 e. The van der Waals surface area contributed by atoms with Crippen LogP contribution in [0.1, 0.15) is 336 Å². The monoisotopic (exact) mass is 1250 g/mol. The number of carbonyl (C=O) groups is 4. The van der Waals surface area contributed by atoms with Gasteiger partial charge in [0.15, 0.2) is 12.2 Å². The van der Waals surface area contributed by atoms with E-state index in [0.29, 0.717) is 25.7 Å². The lowest BCUT2D eigenvalue weighted by molar-refractivity contribution is -0.161. The zero-order chi connectivity index (χ0) is 62.8. The third-order valence-electron chi connectivity index (χ3n) is 15.6. The van der Waals surface area contributed by atoms with E-state index >= 15 is 0 Å². The molecule has 0 saturated heterocycles. The Balaban J connectivity index is 5.21. The normalized spacial score (nSPS) is 14.5. The zero-order valence-corrected chi connectivity index (χ0v) is 56.5. The molecule has 0 aromatic carbocycles. The third kappa shape index (κ3) is 59.5. The van der Waals surface area contributed by atoms with E-state index in [-0.39, 0.29) is 25.7 Å². The molecule has 0 radical (unpaired) electrons. The van der Waals surface area contributed by atoms with Crippen molar-refractivity contribution in [1.82, 2.24) is 0 Å². The SMILES string of the molecule is CCCCCCCCCCCCCCCCCCC(=O)O[C@H](COC(=O)CCCCCCCCCCC(C)CC)COP(=O)(O)OC[C@@H](O)COP(=O)(O)OC[C@@H](COC(=O)CCCCCCCCCC)OC(=O)CCCCCCCCCCC. The van der Waals surface area contributed by atoms with Crippen molar-refractivity contribution in [3.63, 3.8) is 0 Å². The Hall–Kier alpha value is -1.94. The van der Waals surface area contributed by atoms with Crippen LogP contribution < -0.4 is 0 Å². The fourth-order valence-corrected chi connectivity index (χ4v) is 11.5. The van der Waals surface area contributed by atoms with Crippen molar-refractivity contribution in [1.29, 1.82) is 0 Å². The summed E-state index contributed by atoms with van der Waals surface area (Å²) in [5, 5.41) is 10.5. The third-order valence-corrected chi connectivity index (χ3v) is 17.5. The highest BCUT2D eigenvalue weighted by Crippen LogP contribution is 2.45. The molecular formula is C66H128O17P2. The summed E-state index contributed by atoms with van der Waals surface area (Å²) in [6, 6.07) is 0. The number of aliphatic hydroxyl groups is 1. The predicted octanol–water partition coefficient (Wildman–Crippen LogP) is 18.6. The molecule has 6 atom stereocenters. The van der Waals surface area contributed by atoms with Crippen LogP contribution in [0, 0.1) is 5.92 Å². The van der Waals surface area contributed by atoms with E-state index in [1.807, 2.05) is 0 Å². The summed E-state index contributed by atoms with van der Waals surface area (Å²) in [6.07, 6.45) is 44.4. The Bertz CT molecular complexity index is 1650. The van der Waals surface area contributed by atoms with Gasteiger partial charge in [0.1, 0.15) is 19.3 Å². The highest BCUT2D eigenvalue weighted by molar-refractivity contribution is 7.47. The highest BCUT2D eigenvalue weighted by Gasteiger charge is 2.30. The molecule has 504 valence electrons. The minimum atomic E-state index is -4.95. The van der Waals surface area contributed by atoms with Gasteiger partial charge < -0.3 is 33.8 Å². The predicted molar refractivity (Wildman–Crippen MR) is 340 cm³/mol. The molecular weight excluding hydrogens is 1130 g/mol. The number of hydrogen-bond acceptors (Lipinski definition) is 15. The molecule has 0 spiro atoms. The number of hydrogen-bond donors (Lipinski definition) is 3. The number of aliphatic hydroxyl groups excluding tert-OH is 1. The lowest BCUT2D eigenvalue weighted by atomic mass is 9.99. The van der Waals surface area contributed by atoms with Gasteiger partial charge in [-0.2, -0.15) is 0 Å². The summed E-state index contributed by atoms with van der Waals surface area (Å²) in [7, 11) is -9.88. The fraction of sp³-hybridized carbons (Fsp3) is 0.939. The lowest BCUT2D eigenvalue weighted by Gasteiger charge is -2.21. The number of phosphoric acid groups is 2. The second-order valence-corrected chi connectivity index (χ2v) is 27.0. The van der Waals surface area contributed by atoms with E-state index in [0.717, 1.165) is 102 Å². The van der Waals surface area contributed by atoms with Gasteiger partial charge in [0.25, 0.3) is 0 Å². The molecule has 0 aromatic heterocycles. The Kier molecular flexibility index (Phi) is 58.3. The van der Waals surface area contributed by atoms with E-state index in [2.05, 4.69) is 34.6 Å². The van der Waals surface area contributed by atoms with Crippen molar-refractivity contribution >= 4 is 39.5 Å². The molecule has 85 heavy (non-hydrogen) atoms. The molecule has 0 aromatic rings. The summed E-state index contributed by atoms with van der Waals surface area (Å²) in [5.74, 6) is -1.35. The molecule has 3 N–H and O–H groups in total. The van der Waals surface area contributed by atoms with E-state index in [4.69, 9.17) is 37.0 Å². The van der Waals surface area contributed by atoms with Gasteiger partial charge in [-0.15, -0.1) is 0 Å². The average Bonchev–Trinajstić information content (AvgIpc) is 3.52. The van der Waals surface area contributed by atoms with Crippen molar-refractivity contribution < 1.29 is 80.2 Å². The molecule has 0 aliphatic rings. The van der Waals surface area contributed by atoms with Crippen LogP contribution >= 0.6 is 15.6 Å². The number of carbonyl (C=O) groups excluding carboxylic acids is 4. The fourth-order valence-electron chi connectivity index (χ4n) is 9.90. The van der Waals surface area contributed by atoms with Gasteiger partial charge in [-0.1, -0.05) is 285 Å². The zero-order valence-electron chi connectivity index (χ0n) is 54.7. The lowest BCUT2D eigenvalue weighted by Crippen LogP contribution is -2.30. The minimum absolute atomic E-state index is 0.106. The molecule has 3 unspecified atom stereocenters. The van der Waals surface area contributed by atoms with E-state index in [1.165, 1.54) is 154 Å². The molecule has 0 bridgehead atoms. The first-order valence-corrected chi connectivity index (χ1v) is 37.7. The molecule has 0 heterocycles. The topological polar surface area (TPSA) is 237 Å². The number of rotatable bonds is 66. The molecule has 17 nitrogen and oxygen atoms in total. The number of esters is 4. The van der Waals surface area contributed by atoms with Crippen molar-refractivity contribution in [2.24, 2.45) is 5.92 Å². The smallest absolute Gasteiger partial charge is 0.462 e. The van der Waals surface area contributed by atoms with Gasteiger partial charge in [0, 0.05) is 25.7 Å². The van der Waals surface area contributed by atoms with Gasteiger partial charge >= 0.3 is 39.5 Å². The molecule has 0 aliphatic heterocycles. The van der Waals surface area contributed by atoms with E-state index in [9.17, 15) is 43.2 Å². The second-order valence-electron chi connectivity index (χ2n) is 24.1. The second kappa shape index (κ2) is 59.7. The first-order chi connectivity index (χ1) is 41.1. The quantitative estimate of drug-likeness (QED) is 0.0222. The Morgan fingerprint density at radius 2 is 0.565 bits per heavy atom. The summed E-state index contributed by atoms with van der Waals surface area (Å²) < 4.78 is 68.0. The maximum atomic E-state index is 13.0. The van der Waals surface area contributed by atoms with Gasteiger partial charge in [-0.05, 0) is 31.6 Å². The van der Waals surface area contributed by atoms with Crippen LogP contribution in [0.5, 0.6) is 0 Å². The Morgan fingerprint density at radius 1 is 0.329 bits per heavy atom. The number of unbranched alkanes of at least 4 members (excludes halogenated alkanes) is 37.